The predicted octanol–water partition coefficient (Wildman–Crippen LogP) is 4.64. The molecule has 0 bridgehead atoms. The van der Waals surface area contributed by atoms with Crippen LogP contribution in [0.1, 0.15) is 50.3 Å². The van der Waals surface area contributed by atoms with Gasteiger partial charge in [-0.1, -0.05) is 18.2 Å². The van der Waals surface area contributed by atoms with Gasteiger partial charge in [-0.15, -0.1) is 0 Å². The van der Waals surface area contributed by atoms with Crippen LogP contribution in [0.2, 0.25) is 0 Å². The summed E-state index contributed by atoms with van der Waals surface area (Å²) in [7, 11) is 0. The molecule has 1 N–H and O–H groups in total. The third-order valence-corrected chi connectivity index (χ3v) is 4.74. The van der Waals surface area contributed by atoms with Gasteiger partial charge in [0.1, 0.15) is 5.60 Å². The quantitative estimate of drug-likeness (QED) is 0.651. The summed E-state index contributed by atoms with van der Waals surface area (Å²) >= 11 is 0. The van der Waals surface area contributed by atoms with E-state index in [0.717, 1.165) is 12.1 Å². The van der Waals surface area contributed by atoms with Gasteiger partial charge in [0.25, 0.3) is 0 Å². The second-order valence-electron chi connectivity index (χ2n) is 8.48. The van der Waals surface area contributed by atoms with Crippen LogP contribution in [0.4, 0.5) is 18.0 Å². The lowest BCUT2D eigenvalue weighted by Gasteiger charge is -2.33. The van der Waals surface area contributed by atoms with Crippen LogP contribution in [0.15, 0.2) is 24.3 Å². The Balaban J connectivity index is 2.08. The fourth-order valence-corrected chi connectivity index (χ4v) is 3.21. The molecular weight excluding hydrogens is 413 g/mol. The van der Waals surface area contributed by atoms with Crippen LogP contribution < -0.4 is 0 Å². The molecule has 0 radical (unpaired) electrons. The van der Waals surface area contributed by atoms with E-state index in [4.69, 9.17) is 9.84 Å². The Morgan fingerprint density at radius 2 is 1.77 bits per heavy atom. The average molecular weight is 442 g/mol. The number of amides is 1. The zero-order chi connectivity index (χ0) is 23.2. The third-order valence-electron chi connectivity index (χ3n) is 4.74. The van der Waals surface area contributed by atoms with Crippen molar-refractivity contribution in [3.63, 3.8) is 0 Å². The highest BCUT2D eigenvalue weighted by Crippen LogP contribution is 2.31. The van der Waals surface area contributed by atoms with Crippen molar-refractivity contribution in [1.82, 2.24) is 9.80 Å². The normalized spacial score (nSPS) is 16.0. The average Bonchev–Trinajstić information content (AvgIpc) is 2.64. The summed E-state index contributed by atoms with van der Waals surface area (Å²) in [5, 5.41) is 9.05. The molecule has 1 amide bonds. The van der Waals surface area contributed by atoms with E-state index in [9.17, 15) is 22.8 Å². The van der Waals surface area contributed by atoms with Gasteiger partial charge >= 0.3 is 18.2 Å². The number of carbonyl (C=O) groups excluding carboxylic acids is 1. The van der Waals surface area contributed by atoms with Gasteiger partial charge in [0.05, 0.1) is 5.56 Å². The summed E-state index contributed by atoms with van der Waals surface area (Å²) in [6.45, 7) is 7.46. The van der Waals surface area contributed by atoms with Crippen molar-refractivity contribution in [2.24, 2.45) is 0 Å². The molecule has 1 saturated heterocycles. The number of carbonyl (C=O) groups is 2. The molecule has 31 heavy (non-hydrogen) atoms. The SMILES string of the molecule is CC(C)(C)OC(=O)CCC=Cc1cc(C(F)(F)F)ccc1CN1CCN(C(=O)O)CC1. The second kappa shape index (κ2) is 10.2. The Morgan fingerprint density at radius 3 is 2.32 bits per heavy atom. The van der Waals surface area contributed by atoms with Crippen molar-refractivity contribution in [1.29, 1.82) is 0 Å². The molecule has 1 aliphatic rings. The number of rotatable bonds is 6. The molecule has 1 aromatic rings. The number of nitrogens with zero attached hydrogens (tertiary/aromatic N) is 2. The summed E-state index contributed by atoms with van der Waals surface area (Å²) in [6.07, 6.45) is -1.66. The minimum atomic E-state index is -4.45. The van der Waals surface area contributed by atoms with Crippen LogP contribution in [-0.2, 0) is 22.3 Å². The predicted molar refractivity (Wildman–Crippen MR) is 110 cm³/mol. The molecule has 1 aromatic carbocycles. The lowest BCUT2D eigenvalue weighted by Crippen LogP contribution is -2.47. The van der Waals surface area contributed by atoms with E-state index in [2.05, 4.69) is 0 Å². The summed E-state index contributed by atoms with van der Waals surface area (Å²) in [4.78, 5) is 26.2. The number of carboxylic acid groups (broad SMARTS) is 1. The van der Waals surface area contributed by atoms with Crippen molar-refractivity contribution >= 4 is 18.1 Å². The molecule has 0 aliphatic carbocycles. The maximum atomic E-state index is 13.2. The molecule has 1 aliphatic heterocycles. The van der Waals surface area contributed by atoms with Gasteiger partial charge < -0.3 is 14.7 Å². The molecule has 0 spiro atoms. The van der Waals surface area contributed by atoms with Crippen molar-refractivity contribution in [2.45, 2.75) is 51.9 Å². The van der Waals surface area contributed by atoms with Crippen LogP contribution in [0.25, 0.3) is 6.08 Å². The molecule has 2 rings (SSSR count). The van der Waals surface area contributed by atoms with E-state index in [0.29, 0.717) is 50.3 Å². The summed E-state index contributed by atoms with van der Waals surface area (Å²) < 4.78 is 44.7. The van der Waals surface area contributed by atoms with Gasteiger partial charge in [0.15, 0.2) is 0 Å². The molecule has 0 aromatic heterocycles. The number of halogens is 3. The zero-order valence-corrected chi connectivity index (χ0v) is 18.0. The fourth-order valence-electron chi connectivity index (χ4n) is 3.21. The van der Waals surface area contributed by atoms with Crippen LogP contribution in [0.3, 0.4) is 0 Å². The second-order valence-corrected chi connectivity index (χ2v) is 8.48. The van der Waals surface area contributed by atoms with E-state index in [1.165, 1.54) is 11.0 Å². The van der Waals surface area contributed by atoms with Crippen molar-refractivity contribution < 1.29 is 32.6 Å². The maximum Gasteiger partial charge on any atom is 0.416 e. The Morgan fingerprint density at radius 1 is 1.13 bits per heavy atom. The topological polar surface area (TPSA) is 70.1 Å². The van der Waals surface area contributed by atoms with Crippen molar-refractivity contribution in [3.05, 3.63) is 41.0 Å². The fraction of sp³-hybridized carbons (Fsp3) is 0.545. The van der Waals surface area contributed by atoms with E-state index in [1.54, 1.807) is 32.9 Å². The zero-order valence-electron chi connectivity index (χ0n) is 18.0. The van der Waals surface area contributed by atoms with Gasteiger partial charge in [-0.2, -0.15) is 13.2 Å². The largest absolute Gasteiger partial charge is 0.465 e. The molecule has 0 saturated carbocycles. The van der Waals surface area contributed by atoms with Crippen LogP contribution >= 0.6 is 0 Å². The number of alkyl halides is 3. The lowest BCUT2D eigenvalue weighted by atomic mass is 10.0. The number of esters is 1. The highest BCUT2D eigenvalue weighted by Gasteiger charge is 2.31. The third kappa shape index (κ3) is 8.24. The standard InChI is InChI=1S/C22H29F3N2O4/c1-21(2,3)31-19(28)7-5-4-6-16-14-18(22(23,24)25)9-8-17(16)15-26-10-12-27(13-11-26)20(29)30/h4,6,8-9,14H,5,7,10-13,15H2,1-3H3,(H,29,30). The van der Waals surface area contributed by atoms with Gasteiger partial charge in [0, 0.05) is 39.1 Å². The van der Waals surface area contributed by atoms with Gasteiger partial charge in [-0.05, 0) is 50.5 Å². The minimum absolute atomic E-state index is 0.138. The van der Waals surface area contributed by atoms with Gasteiger partial charge in [-0.3, -0.25) is 9.69 Å². The molecular formula is C22H29F3N2O4. The Labute approximate surface area is 180 Å². The Kier molecular flexibility index (Phi) is 8.11. The first-order valence-corrected chi connectivity index (χ1v) is 10.1. The lowest BCUT2D eigenvalue weighted by molar-refractivity contribution is -0.154. The first kappa shape index (κ1) is 24.7. The van der Waals surface area contributed by atoms with E-state index in [1.807, 2.05) is 4.90 Å². The number of ether oxygens (including phenoxy) is 1. The first-order valence-electron chi connectivity index (χ1n) is 10.1. The van der Waals surface area contributed by atoms with E-state index >= 15 is 0 Å². The van der Waals surface area contributed by atoms with Crippen molar-refractivity contribution in [2.75, 3.05) is 26.2 Å². The number of hydrogen-bond acceptors (Lipinski definition) is 4. The smallest absolute Gasteiger partial charge is 0.416 e. The van der Waals surface area contributed by atoms with Gasteiger partial charge in [0.2, 0.25) is 0 Å². The molecule has 1 fully saturated rings. The highest BCUT2D eigenvalue weighted by atomic mass is 19.4. The Hall–Kier alpha value is -2.55. The molecule has 9 heteroatoms. The van der Waals surface area contributed by atoms with Crippen LogP contribution in [0.5, 0.6) is 0 Å². The number of hydrogen-bond donors (Lipinski definition) is 1. The summed E-state index contributed by atoms with van der Waals surface area (Å²) in [6, 6.07) is 3.62. The van der Waals surface area contributed by atoms with E-state index < -0.39 is 23.4 Å². The highest BCUT2D eigenvalue weighted by molar-refractivity contribution is 5.70. The van der Waals surface area contributed by atoms with Gasteiger partial charge in [-0.25, -0.2) is 4.79 Å². The van der Waals surface area contributed by atoms with Crippen molar-refractivity contribution in [3.8, 4) is 0 Å². The molecule has 0 atom stereocenters. The number of benzene rings is 1. The summed E-state index contributed by atoms with van der Waals surface area (Å²) in [5.74, 6) is -0.363. The minimum Gasteiger partial charge on any atom is -0.465 e. The number of piperazine rings is 1. The van der Waals surface area contributed by atoms with E-state index in [-0.39, 0.29) is 12.4 Å². The van der Waals surface area contributed by atoms with Crippen LogP contribution in [0, 0.1) is 0 Å². The first-order chi connectivity index (χ1) is 14.3. The van der Waals surface area contributed by atoms with Crippen LogP contribution in [-0.4, -0.2) is 58.7 Å². The summed E-state index contributed by atoms with van der Waals surface area (Å²) in [5.41, 5.74) is -0.177. The molecule has 0 unspecified atom stereocenters. The monoisotopic (exact) mass is 442 g/mol. The molecule has 1 heterocycles. The number of allylic oxidation sites excluding steroid dienone is 1. The Bertz CT molecular complexity index is 808. The molecule has 6 nitrogen and oxygen atoms in total. The molecule has 172 valence electrons. The maximum absolute atomic E-state index is 13.2.